The third-order valence-corrected chi connectivity index (χ3v) is 3.08. The van der Waals surface area contributed by atoms with Gasteiger partial charge in [-0.05, 0) is 38.5 Å². The third kappa shape index (κ3) is 3.63. The van der Waals surface area contributed by atoms with Crippen molar-refractivity contribution in [1.82, 2.24) is 4.90 Å². The van der Waals surface area contributed by atoms with Crippen LogP contribution in [0.2, 0.25) is 0 Å². The van der Waals surface area contributed by atoms with Crippen molar-refractivity contribution >= 4 is 5.91 Å². The molecule has 0 bridgehead atoms. The maximum absolute atomic E-state index is 12.1. The Bertz CT molecular complexity index is 473. The predicted octanol–water partition coefficient (Wildman–Crippen LogP) is 2.19. The van der Waals surface area contributed by atoms with Gasteiger partial charge in [-0.25, -0.2) is 0 Å². The van der Waals surface area contributed by atoms with Crippen molar-refractivity contribution in [3.8, 4) is 11.5 Å². The minimum absolute atomic E-state index is 0.00105. The largest absolute Gasteiger partial charge is 0.454 e. The first-order valence-electron chi connectivity index (χ1n) is 6.88. The highest BCUT2D eigenvalue weighted by atomic mass is 16.7. The van der Waals surface area contributed by atoms with Gasteiger partial charge in [-0.15, -0.1) is 0 Å². The Morgan fingerprint density at radius 1 is 1.35 bits per heavy atom. The van der Waals surface area contributed by atoms with E-state index in [1.165, 1.54) is 0 Å². The van der Waals surface area contributed by atoms with Gasteiger partial charge in [0, 0.05) is 13.1 Å². The second kappa shape index (κ2) is 6.61. The number of fused-ring (bicyclic) bond motifs is 1. The van der Waals surface area contributed by atoms with Crippen LogP contribution in [-0.2, 0) is 16.1 Å². The predicted molar refractivity (Wildman–Crippen MR) is 74.7 cm³/mol. The Morgan fingerprint density at radius 3 is 2.80 bits per heavy atom. The van der Waals surface area contributed by atoms with Gasteiger partial charge in [0.2, 0.25) is 12.7 Å². The molecule has 5 nitrogen and oxygen atoms in total. The van der Waals surface area contributed by atoms with E-state index in [9.17, 15) is 4.79 Å². The van der Waals surface area contributed by atoms with Crippen LogP contribution < -0.4 is 9.47 Å². The van der Waals surface area contributed by atoms with Crippen LogP contribution in [0.25, 0.3) is 0 Å². The smallest absolute Gasteiger partial charge is 0.248 e. The van der Waals surface area contributed by atoms with E-state index in [2.05, 4.69) is 0 Å². The first-order valence-corrected chi connectivity index (χ1v) is 6.88. The standard InChI is InChI=1S/C15H21NO4/c1-4-16(15(17)9-18-11(2)3)8-12-5-6-13-14(7-12)20-10-19-13/h5-7,11H,4,8-10H2,1-3H3. The Balaban J connectivity index is 1.97. The highest BCUT2D eigenvalue weighted by molar-refractivity contribution is 5.77. The van der Waals surface area contributed by atoms with E-state index in [0.717, 1.165) is 17.1 Å². The highest BCUT2D eigenvalue weighted by Gasteiger charge is 2.16. The lowest BCUT2D eigenvalue weighted by Crippen LogP contribution is -2.34. The summed E-state index contributed by atoms with van der Waals surface area (Å²) in [5.41, 5.74) is 1.02. The van der Waals surface area contributed by atoms with Gasteiger partial charge in [0.15, 0.2) is 11.5 Å². The van der Waals surface area contributed by atoms with Crippen LogP contribution in [0.5, 0.6) is 11.5 Å². The molecule has 1 aromatic carbocycles. The second-order valence-electron chi connectivity index (χ2n) is 4.96. The molecule has 2 rings (SSSR count). The molecule has 0 unspecified atom stereocenters. The van der Waals surface area contributed by atoms with Crippen molar-refractivity contribution in [1.29, 1.82) is 0 Å². The van der Waals surface area contributed by atoms with Gasteiger partial charge in [0.05, 0.1) is 6.10 Å². The summed E-state index contributed by atoms with van der Waals surface area (Å²) in [6, 6.07) is 5.74. The van der Waals surface area contributed by atoms with Crippen molar-refractivity contribution in [2.24, 2.45) is 0 Å². The Hall–Kier alpha value is -1.75. The molecule has 0 N–H and O–H groups in total. The highest BCUT2D eigenvalue weighted by Crippen LogP contribution is 2.32. The number of hydrogen-bond donors (Lipinski definition) is 0. The molecular weight excluding hydrogens is 258 g/mol. The van der Waals surface area contributed by atoms with Crippen molar-refractivity contribution in [3.05, 3.63) is 23.8 Å². The van der Waals surface area contributed by atoms with Gasteiger partial charge in [0.1, 0.15) is 6.61 Å². The molecule has 0 aliphatic carbocycles. The monoisotopic (exact) mass is 279 g/mol. The van der Waals surface area contributed by atoms with Gasteiger partial charge in [-0.3, -0.25) is 4.79 Å². The SMILES string of the molecule is CCN(Cc1ccc2c(c1)OCO2)C(=O)COC(C)C. The van der Waals surface area contributed by atoms with E-state index < -0.39 is 0 Å². The minimum Gasteiger partial charge on any atom is -0.454 e. The van der Waals surface area contributed by atoms with Gasteiger partial charge in [-0.1, -0.05) is 6.07 Å². The molecule has 1 aliphatic rings. The van der Waals surface area contributed by atoms with Crippen molar-refractivity contribution in [2.75, 3.05) is 19.9 Å². The molecule has 0 aromatic heterocycles. The summed E-state index contributed by atoms with van der Waals surface area (Å²) in [7, 11) is 0. The summed E-state index contributed by atoms with van der Waals surface area (Å²) >= 11 is 0. The fourth-order valence-corrected chi connectivity index (χ4v) is 1.97. The van der Waals surface area contributed by atoms with Crippen LogP contribution in [0, 0.1) is 0 Å². The lowest BCUT2D eigenvalue weighted by atomic mass is 10.2. The number of likely N-dealkylation sites (N-methyl/N-ethyl adjacent to an activating group) is 1. The van der Waals surface area contributed by atoms with E-state index in [0.29, 0.717) is 13.1 Å². The molecule has 0 radical (unpaired) electrons. The minimum atomic E-state index is -0.00105. The van der Waals surface area contributed by atoms with Gasteiger partial charge in [0.25, 0.3) is 0 Å². The Labute approximate surface area is 119 Å². The first kappa shape index (κ1) is 14.7. The zero-order chi connectivity index (χ0) is 14.5. The summed E-state index contributed by atoms with van der Waals surface area (Å²) in [6.07, 6.45) is 0.0585. The number of amides is 1. The maximum atomic E-state index is 12.1. The number of carbonyl (C=O) groups is 1. The summed E-state index contributed by atoms with van der Waals surface area (Å²) in [5.74, 6) is 1.49. The molecule has 0 fully saturated rings. The number of ether oxygens (including phenoxy) is 3. The average Bonchev–Trinajstić information content (AvgIpc) is 2.89. The zero-order valence-corrected chi connectivity index (χ0v) is 12.2. The van der Waals surface area contributed by atoms with Crippen LogP contribution in [0.4, 0.5) is 0 Å². The zero-order valence-electron chi connectivity index (χ0n) is 12.2. The van der Waals surface area contributed by atoms with Crippen LogP contribution in [0.3, 0.4) is 0 Å². The molecular formula is C15H21NO4. The van der Waals surface area contributed by atoms with Crippen LogP contribution in [-0.4, -0.2) is 36.9 Å². The maximum Gasteiger partial charge on any atom is 0.248 e. The Morgan fingerprint density at radius 2 is 2.10 bits per heavy atom. The summed E-state index contributed by atoms with van der Waals surface area (Å²) < 4.78 is 16.0. The fourth-order valence-electron chi connectivity index (χ4n) is 1.97. The Kier molecular flexibility index (Phi) is 4.84. The molecule has 1 aromatic rings. The van der Waals surface area contributed by atoms with E-state index in [-0.39, 0.29) is 25.4 Å². The summed E-state index contributed by atoms with van der Waals surface area (Å²) in [6.45, 7) is 7.37. The lowest BCUT2D eigenvalue weighted by molar-refractivity contribution is -0.138. The van der Waals surface area contributed by atoms with Gasteiger partial charge >= 0.3 is 0 Å². The molecule has 0 atom stereocenters. The number of rotatable bonds is 6. The molecule has 0 saturated heterocycles. The molecule has 1 aliphatic heterocycles. The number of nitrogens with zero attached hydrogens (tertiary/aromatic N) is 1. The third-order valence-electron chi connectivity index (χ3n) is 3.08. The van der Waals surface area contributed by atoms with Crippen molar-refractivity contribution < 1.29 is 19.0 Å². The van der Waals surface area contributed by atoms with E-state index in [1.54, 1.807) is 4.90 Å². The summed E-state index contributed by atoms with van der Waals surface area (Å²) in [5, 5.41) is 0. The van der Waals surface area contributed by atoms with Crippen LogP contribution in [0.1, 0.15) is 26.3 Å². The molecule has 1 amide bonds. The molecule has 20 heavy (non-hydrogen) atoms. The van der Waals surface area contributed by atoms with Crippen LogP contribution >= 0.6 is 0 Å². The topological polar surface area (TPSA) is 48.0 Å². The number of benzene rings is 1. The van der Waals surface area contributed by atoms with Gasteiger partial charge in [-0.2, -0.15) is 0 Å². The molecule has 5 heteroatoms. The van der Waals surface area contributed by atoms with Crippen molar-refractivity contribution in [3.63, 3.8) is 0 Å². The lowest BCUT2D eigenvalue weighted by Gasteiger charge is -2.21. The molecule has 0 saturated carbocycles. The van der Waals surface area contributed by atoms with E-state index in [1.807, 2.05) is 39.0 Å². The molecule has 110 valence electrons. The first-order chi connectivity index (χ1) is 9.60. The normalized spacial score (nSPS) is 12.8. The van der Waals surface area contributed by atoms with Crippen molar-refractivity contribution in [2.45, 2.75) is 33.4 Å². The second-order valence-corrected chi connectivity index (χ2v) is 4.96. The van der Waals surface area contributed by atoms with E-state index in [4.69, 9.17) is 14.2 Å². The molecule has 0 spiro atoms. The quantitative estimate of drug-likeness (QED) is 0.801. The number of hydrogen-bond acceptors (Lipinski definition) is 4. The average molecular weight is 279 g/mol. The van der Waals surface area contributed by atoms with E-state index >= 15 is 0 Å². The fraction of sp³-hybridized carbons (Fsp3) is 0.533. The molecule has 1 heterocycles. The number of carbonyl (C=O) groups excluding carboxylic acids is 1. The summed E-state index contributed by atoms with van der Waals surface area (Å²) in [4.78, 5) is 13.8. The van der Waals surface area contributed by atoms with Crippen LogP contribution in [0.15, 0.2) is 18.2 Å². The van der Waals surface area contributed by atoms with Gasteiger partial charge < -0.3 is 19.1 Å².